The zero-order chi connectivity index (χ0) is 17.3. The molecule has 1 fully saturated rings. The summed E-state index contributed by atoms with van der Waals surface area (Å²) >= 11 is 0. The Balaban J connectivity index is 1.50. The summed E-state index contributed by atoms with van der Waals surface area (Å²) in [4.78, 5) is 12.3. The largest absolute Gasteiger partial charge is 0.455 e. The quantitative estimate of drug-likeness (QED) is 0.767. The monoisotopic (exact) mass is 338 g/mol. The zero-order valence-corrected chi connectivity index (χ0v) is 14.5. The minimum Gasteiger partial charge on any atom is -0.455 e. The fourth-order valence-electron chi connectivity index (χ4n) is 3.18. The molecule has 0 heterocycles. The van der Waals surface area contributed by atoms with Gasteiger partial charge in [-0.25, -0.2) is 0 Å². The van der Waals surface area contributed by atoms with E-state index in [1.54, 1.807) is 0 Å². The van der Waals surface area contributed by atoms with Gasteiger partial charge in [0, 0.05) is 19.0 Å². The first-order valence-corrected chi connectivity index (χ1v) is 9.16. The number of hydrogen-bond donors (Lipinski definition) is 2. The normalized spacial score (nSPS) is 14.9. The second kappa shape index (κ2) is 9.23. The molecule has 2 aromatic rings. The first-order chi connectivity index (χ1) is 12.3. The smallest absolute Gasteiger partial charge is 0.225 e. The van der Waals surface area contributed by atoms with Crippen LogP contribution < -0.4 is 15.4 Å². The van der Waals surface area contributed by atoms with Gasteiger partial charge in [0.1, 0.15) is 5.75 Å². The Labute approximate surface area is 149 Å². The van der Waals surface area contributed by atoms with E-state index >= 15 is 0 Å². The van der Waals surface area contributed by atoms with Crippen LogP contribution in [0.25, 0.3) is 0 Å². The average molecular weight is 338 g/mol. The van der Waals surface area contributed by atoms with Crippen molar-refractivity contribution < 1.29 is 9.53 Å². The van der Waals surface area contributed by atoms with Crippen molar-refractivity contribution in [1.29, 1.82) is 0 Å². The van der Waals surface area contributed by atoms with E-state index in [4.69, 9.17) is 4.74 Å². The van der Waals surface area contributed by atoms with Gasteiger partial charge in [0.05, 0.1) is 5.69 Å². The summed E-state index contributed by atoms with van der Waals surface area (Å²) in [5, 5.41) is 6.47. The van der Waals surface area contributed by atoms with Crippen LogP contribution in [0.15, 0.2) is 54.6 Å². The Bertz CT molecular complexity index is 667. The molecule has 2 aromatic carbocycles. The maximum Gasteiger partial charge on any atom is 0.225 e. The number of ether oxygens (including phenoxy) is 1. The molecule has 1 aliphatic carbocycles. The number of anilines is 1. The van der Waals surface area contributed by atoms with Crippen LogP contribution in [-0.4, -0.2) is 18.5 Å². The summed E-state index contributed by atoms with van der Waals surface area (Å²) < 4.78 is 5.88. The summed E-state index contributed by atoms with van der Waals surface area (Å²) in [7, 11) is 0. The van der Waals surface area contributed by atoms with E-state index in [0.29, 0.717) is 23.9 Å². The lowest BCUT2D eigenvalue weighted by atomic mass is 9.95. The molecule has 0 unspecified atom stereocenters. The maximum absolute atomic E-state index is 12.3. The lowest BCUT2D eigenvalue weighted by molar-refractivity contribution is -0.116. The van der Waals surface area contributed by atoms with Crippen molar-refractivity contribution in [1.82, 2.24) is 5.32 Å². The van der Waals surface area contributed by atoms with E-state index in [1.165, 1.54) is 32.1 Å². The molecule has 0 atom stereocenters. The van der Waals surface area contributed by atoms with E-state index in [2.05, 4.69) is 10.6 Å². The number of rotatable bonds is 7. The summed E-state index contributed by atoms with van der Waals surface area (Å²) in [6, 6.07) is 17.7. The Morgan fingerprint density at radius 2 is 1.68 bits per heavy atom. The number of para-hydroxylation sites is 3. The van der Waals surface area contributed by atoms with Gasteiger partial charge >= 0.3 is 0 Å². The highest BCUT2D eigenvalue weighted by Crippen LogP contribution is 2.29. The van der Waals surface area contributed by atoms with Crippen LogP contribution in [0.3, 0.4) is 0 Å². The third-order valence-corrected chi connectivity index (χ3v) is 4.52. The molecule has 1 saturated carbocycles. The van der Waals surface area contributed by atoms with E-state index in [1.807, 2.05) is 54.6 Å². The van der Waals surface area contributed by atoms with Crippen molar-refractivity contribution >= 4 is 11.6 Å². The molecule has 132 valence electrons. The van der Waals surface area contributed by atoms with Crippen molar-refractivity contribution in [3.8, 4) is 11.5 Å². The number of carbonyl (C=O) groups excluding carboxylic acids is 1. The summed E-state index contributed by atoms with van der Waals surface area (Å²) in [6.07, 6.45) is 6.87. The van der Waals surface area contributed by atoms with Crippen molar-refractivity contribution in [2.75, 3.05) is 11.9 Å². The van der Waals surface area contributed by atoms with Crippen LogP contribution in [0.2, 0.25) is 0 Å². The number of carbonyl (C=O) groups is 1. The molecule has 0 bridgehead atoms. The Hall–Kier alpha value is -2.33. The molecule has 0 aliphatic heterocycles. The number of hydrogen-bond acceptors (Lipinski definition) is 3. The minimum absolute atomic E-state index is 0.00687. The third kappa shape index (κ3) is 5.61. The Kier molecular flexibility index (Phi) is 6.46. The van der Waals surface area contributed by atoms with E-state index in [9.17, 15) is 4.79 Å². The van der Waals surface area contributed by atoms with Crippen LogP contribution in [0, 0.1) is 0 Å². The Morgan fingerprint density at radius 1 is 0.960 bits per heavy atom. The second-order valence-corrected chi connectivity index (χ2v) is 6.50. The third-order valence-electron chi connectivity index (χ3n) is 4.52. The van der Waals surface area contributed by atoms with Crippen LogP contribution >= 0.6 is 0 Å². The fourth-order valence-corrected chi connectivity index (χ4v) is 3.18. The summed E-state index contributed by atoms with van der Waals surface area (Å²) in [5.41, 5.74) is 0.703. The molecule has 25 heavy (non-hydrogen) atoms. The van der Waals surface area contributed by atoms with Gasteiger partial charge in [-0.1, -0.05) is 49.6 Å². The highest BCUT2D eigenvalue weighted by Gasteiger charge is 2.13. The molecule has 0 saturated heterocycles. The first-order valence-electron chi connectivity index (χ1n) is 9.16. The van der Waals surface area contributed by atoms with Gasteiger partial charge in [-0.2, -0.15) is 0 Å². The summed E-state index contributed by atoms with van der Waals surface area (Å²) in [5.74, 6) is 1.41. The molecule has 1 amide bonds. The van der Waals surface area contributed by atoms with Crippen molar-refractivity contribution in [2.45, 2.75) is 44.6 Å². The molecular weight excluding hydrogens is 312 g/mol. The highest BCUT2D eigenvalue weighted by molar-refractivity contribution is 5.92. The topological polar surface area (TPSA) is 50.4 Å². The number of nitrogens with one attached hydrogen (secondary N) is 2. The van der Waals surface area contributed by atoms with Gasteiger partial charge in [-0.3, -0.25) is 4.79 Å². The molecule has 0 spiro atoms. The average Bonchev–Trinajstić information content (AvgIpc) is 2.65. The van der Waals surface area contributed by atoms with Crippen molar-refractivity contribution in [3.63, 3.8) is 0 Å². The minimum atomic E-state index is 0.00687. The lowest BCUT2D eigenvalue weighted by Gasteiger charge is -2.22. The molecule has 0 radical (unpaired) electrons. The molecule has 0 aromatic heterocycles. The van der Waals surface area contributed by atoms with Crippen LogP contribution in [-0.2, 0) is 4.79 Å². The maximum atomic E-state index is 12.3. The van der Waals surface area contributed by atoms with Gasteiger partial charge in [0.25, 0.3) is 0 Å². The lowest BCUT2D eigenvalue weighted by Crippen LogP contribution is -2.33. The SMILES string of the molecule is O=C(CCNC1CCCCC1)Nc1ccccc1Oc1ccccc1. The predicted octanol–water partition coefficient (Wildman–Crippen LogP) is 4.73. The zero-order valence-electron chi connectivity index (χ0n) is 14.5. The molecule has 3 rings (SSSR count). The molecule has 4 heteroatoms. The van der Waals surface area contributed by atoms with Gasteiger partial charge in [0.2, 0.25) is 5.91 Å². The van der Waals surface area contributed by atoms with Gasteiger partial charge in [-0.05, 0) is 37.1 Å². The van der Waals surface area contributed by atoms with E-state index < -0.39 is 0 Å². The number of amides is 1. The van der Waals surface area contributed by atoms with Gasteiger partial charge in [0.15, 0.2) is 5.75 Å². The molecular formula is C21H26N2O2. The van der Waals surface area contributed by atoms with Crippen molar-refractivity contribution in [2.24, 2.45) is 0 Å². The van der Waals surface area contributed by atoms with Crippen LogP contribution in [0.1, 0.15) is 38.5 Å². The van der Waals surface area contributed by atoms with Crippen LogP contribution in [0.4, 0.5) is 5.69 Å². The van der Waals surface area contributed by atoms with Crippen LogP contribution in [0.5, 0.6) is 11.5 Å². The van der Waals surface area contributed by atoms with Crippen molar-refractivity contribution in [3.05, 3.63) is 54.6 Å². The molecule has 2 N–H and O–H groups in total. The predicted molar refractivity (Wildman–Crippen MR) is 101 cm³/mol. The Morgan fingerprint density at radius 3 is 2.48 bits per heavy atom. The highest BCUT2D eigenvalue weighted by atomic mass is 16.5. The van der Waals surface area contributed by atoms with Gasteiger partial charge in [-0.15, -0.1) is 0 Å². The van der Waals surface area contributed by atoms with E-state index in [0.717, 1.165) is 12.3 Å². The fraction of sp³-hybridized carbons (Fsp3) is 0.381. The first kappa shape index (κ1) is 17.5. The summed E-state index contributed by atoms with van der Waals surface area (Å²) in [6.45, 7) is 0.720. The molecule has 4 nitrogen and oxygen atoms in total. The van der Waals surface area contributed by atoms with E-state index in [-0.39, 0.29) is 5.91 Å². The molecule has 1 aliphatic rings. The standard InChI is InChI=1S/C21H26N2O2/c24-21(15-16-22-17-9-3-1-4-10-17)23-19-13-7-8-14-20(19)25-18-11-5-2-6-12-18/h2,5-8,11-14,17,22H,1,3-4,9-10,15-16H2,(H,23,24). The van der Waals surface area contributed by atoms with Gasteiger partial charge < -0.3 is 15.4 Å². The second-order valence-electron chi connectivity index (χ2n) is 6.50. The number of benzene rings is 2.